The number of unbranched alkanes of at least 4 members (excludes halogenated alkanes) is 1. The molecule has 0 saturated heterocycles. The van der Waals surface area contributed by atoms with Crippen LogP contribution in [0, 0.1) is 0 Å². The molecular weight excluding hydrogens is 478 g/mol. The average Bonchev–Trinajstić information content (AvgIpc) is 2.80. The second-order valence-electron chi connectivity index (χ2n) is 7.91. The van der Waals surface area contributed by atoms with Gasteiger partial charge < -0.3 is 15.0 Å². The van der Waals surface area contributed by atoms with Crippen molar-refractivity contribution in [3.63, 3.8) is 0 Å². The normalized spacial score (nSPS) is 12.0. The smallest absolute Gasteiger partial charge is 0.244 e. The Morgan fingerprint density at radius 1 is 1.12 bits per heavy atom. The summed E-state index contributed by atoms with van der Waals surface area (Å²) in [4.78, 5) is 27.6. The van der Waals surface area contributed by atoms with Gasteiger partial charge in [0.1, 0.15) is 18.3 Å². The molecule has 2 aromatic carbocycles. The minimum Gasteiger partial charge on any atom is -0.497 e. The number of halogens is 1. The van der Waals surface area contributed by atoms with Crippen LogP contribution in [0.1, 0.15) is 32.3 Å². The summed E-state index contributed by atoms with van der Waals surface area (Å²) in [6.45, 7) is 3.77. The number of methoxy groups -OCH3 is 1. The third-order valence-corrected chi connectivity index (χ3v) is 6.76. The number of para-hydroxylation sites is 1. The Labute approximate surface area is 206 Å². The van der Waals surface area contributed by atoms with Crippen molar-refractivity contribution < 1.29 is 22.7 Å². The Balaban J connectivity index is 2.35. The summed E-state index contributed by atoms with van der Waals surface area (Å²) in [6.07, 6.45) is 2.75. The molecule has 2 amide bonds. The van der Waals surface area contributed by atoms with E-state index in [1.165, 1.54) is 11.0 Å². The first-order valence-electron chi connectivity index (χ1n) is 11.0. The zero-order valence-electron chi connectivity index (χ0n) is 20.0. The number of carbonyl (C=O) groups excluding carboxylic acids is 2. The predicted octanol–water partition coefficient (Wildman–Crippen LogP) is 3.45. The summed E-state index contributed by atoms with van der Waals surface area (Å²) in [5.74, 6) is -0.174. The first-order chi connectivity index (χ1) is 16.1. The van der Waals surface area contributed by atoms with Gasteiger partial charge in [-0.05, 0) is 43.2 Å². The lowest BCUT2D eigenvalue weighted by Gasteiger charge is -2.31. The molecule has 0 aliphatic carbocycles. The number of benzene rings is 2. The molecule has 0 bridgehead atoms. The van der Waals surface area contributed by atoms with Gasteiger partial charge in [-0.25, -0.2) is 8.42 Å². The van der Waals surface area contributed by atoms with Crippen LogP contribution in [0.15, 0.2) is 48.5 Å². The van der Waals surface area contributed by atoms with Crippen LogP contribution in [0.4, 0.5) is 5.69 Å². The van der Waals surface area contributed by atoms with Crippen molar-refractivity contribution in [3.05, 3.63) is 59.1 Å². The molecule has 0 aliphatic heterocycles. The summed E-state index contributed by atoms with van der Waals surface area (Å²) >= 11 is 6.22. The Kier molecular flexibility index (Phi) is 10.2. The number of ether oxygens (including phenoxy) is 1. The van der Waals surface area contributed by atoms with E-state index in [4.69, 9.17) is 16.3 Å². The molecule has 1 N–H and O–H groups in total. The van der Waals surface area contributed by atoms with Gasteiger partial charge in [-0.3, -0.25) is 13.9 Å². The van der Waals surface area contributed by atoms with E-state index in [1.807, 2.05) is 6.92 Å². The standard InChI is InChI=1S/C24H32ClN3O5S/c1-5-6-15-26-24(30)18(2)27(16-19-11-13-20(33-3)14-12-19)23(29)17-28(34(4,31)32)22-10-8-7-9-21(22)25/h7-14,18H,5-6,15-17H2,1-4H3,(H,26,30). The van der Waals surface area contributed by atoms with E-state index in [0.29, 0.717) is 12.3 Å². The van der Waals surface area contributed by atoms with Crippen LogP contribution in [0.25, 0.3) is 0 Å². The first kappa shape index (κ1) is 27.5. The number of amides is 2. The summed E-state index contributed by atoms with van der Waals surface area (Å²) in [5, 5.41) is 3.04. The first-order valence-corrected chi connectivity index (χ1v) is 13.2. The van der Waals surface area contributed by atoms with Gasteiger partial charge >= 0.3 is 0 Å². The van der Waals surface area contributed by atoms with Gasteiger partial charge in [0.15, 0.2) is 0 Å². The maximum absolute atomic E-state index is 13.5. The maximum atomic E-state index is 13.5. The highest BCUT2D eigenvalue weighted by Crippen LogP contribution is 2.27. The topological polar surface area (TPSA) is 96.0 Å². The molecule has 8 nitrogen and oxygen atoms in total. The third kappa shape index (κ3) is 7.63. The lowest BCUT2D eigenvalue weighted by atomic mass is 10.1. The highest BCUT2D eigenvalue weighted by molar-refractivity contribution is 7.92. The van der Waals surface area contributed by atoms with Crippen molar-refractivity contribution in [2.75, 3.05) is 30.8 Å². The van der Waals surface area contributed by atoms with Crippen molar-refractivity contribution in [2.45, 2.75) is 39.3 Å². The molecule has 0 fully saturated rings. The Bertz CT molecular complexity index is 1080. The number of carbonyl (C=O) groups is 2. The van der Waals surface area contributed by atoms with Crippen LogP contribution in [-0.2, 0) is 26.2 Å². The summed E-state index contributed by atoms with van der Waals surface area (Å²) in [7, 11) is -2.27. The van der Waals surface area contributed by atoms with Crippen molar-refractivity contribution in [3.8, 4) is 5.75 Å². The molecule has 10 heteroatoms. The Morgan fingerprint density at radius 3 is 2.32 bits per heavy atom. The van der Waals surface area contributed by atoms with Crippen LogP contribution in [-0.4, -0.2) is 57.6 Å². The number of hydrogen-bond acceptors (Lipinski definition) is 5. The molecule has 2 aromatic rings. The molecule has 0 aromatic heterocycles. The lowest BCUT2D eigenvalue weighted by Crippen LogP contribution is -2.51. The van der Waals surface area contributed by atoms with Crippen molar-refractivity contribution in [1.82, 2.24) is 10.2 Å². The Morgan fingerprint density at radius 2 is 1.76 bits per heavy atom. The van der Waals surface area contributed by atoms with Gasteiger partial charge in [0.05, 0.1) is 24.1 Å². The van der Waals surface area contributed by atoms with Gasteiger partial charge in [-0.1, -0.05) is 49.2 Å². The van der Waals surface area contributed by atoms with Crippen LogP contribution in [0.2, 0.25) is 5.02 Å². The largest absolute Gasteiger partial charge is 0.497 e. The number of nitrogens with zero attached hydrogens (tertiary/aromatic N) is 2. The van der Waals surface area contributed by atoms with Crippen molar-refractivity contribution in [1.29, 1.82) is 0 Å². The van der Waals surface area contributed by atoms with E-state index in [2.05, 4.69) is 5.32 Å². The quantitative estimate of drug-likeness (QED) is 0.442. The predicted molar refractivity (Wildman–Crippen MR) is 135 cm³/mol. The third-order valence-electron chi connectivity index (χ3n) is 5.31. The van der Waals surface area contributed by atoms with Crippen LogP contribution in [0.3, 0.4) is 0 Å². The fraction of sp³-hybridized carbons (Fsp3) is 0.417. The second-order valence-corrected chi connectivity index (χ2v) is 10.2. The van der Waals surface area contributed by atoms with Crippen LogP contribution in [0.5, 0.6) is 5.75 Å². The molecule has 0 saturated carbocycles. The van der Waals surface area contributed by atoms with E-state index in [-0.39, 0.29) is 23.2 Å². The number of sulfonamides is 1. The molecule has 186 valence electrons. The zero-order valence-corrected chi connectivity index (χ0v) is 21.5. The molecule has 1 unspecified atom stereocenters. The van der Waals surface area contributed by atoms with E-state index in [1.54, 1.807) is 56.5 Å². The fourth-order valence-electron chi connectivity index (χ4n) is 3.30. The Hall–Kier alpha value is -2.78. The zero-order chi connectivity index (χ0) is 25.3. The number of nitrogens with one attached hydrogen (secondary N) is 1. The average molecular weight is 510 g/mol. The summed E-state index contributed by atoms with van der Waals surface area (Å²) in [6, 6.07) is 12.7. The number of rotatable bonds is 12. The van der Waals surface area contributed by atoms with Gasteiger partial charge in [-0.15, -0.1) is 0 Å². The number of hydrogen-bond donors (Lipinski definition) is 1. The lowest BCUT2D eigenvalue weighted by molar-refractivity contribution is -0.139. The van der Waals surface area contributed by atoms with E-state index >= 15 is 0 Å². The molecule has 0 radical (unpaired) electrons. The summed E-state index contributed by atoms with van der Waals surface area (Å²) < 4.78 is 31.2. The van der Waals surface area contributed by atoms with E-state index < -0.39 is 28.5 Å². The van der Waals surface area contributed by atoms with E-state index in [9.17, 15) is 18.0 Å². The second kappa shape index (κ2) is 12.6. The van der Waals surface area contributed by atoms with E-state index in [0.717, 1.165) is 29.0 Å². The molecule has 34 heavy (non-hydrogen) atoms. The van der Waals surface area contributed by atoms with Crippen molar-refractivity contribution in [2.24, 2.45) is 0 Å². The maximum Gasteiger partial charge on any atom is 0.244 e. The number of anilines is 1. The molecule has 2 rings (SSSR count). The minimum absolute atomic E-state index is 0.116. The van der Waals surface area contributed by atoms with Gasteiger partial charge in [0, 0.05) is 13.1 Å². The SMILES string of the molecule is CCCCNC(=O)C(C)N(Cc1ccc(OC)cc1)C(=O)CN(c1ccccc1Cl)S(C)(=O)=O. The molecule has 0 aliphatic rings. The molecule has 0 heterocycles. The molecule has 1 atom stereocenters. The van der Waals surface area contributed by atoms with Gasteiger partial charge in [0.25, 0.3) is 0 Å². The summed E-state index contributed by atoms with van der Waals surface area (Å²) in [5.41, 5.74) is 0.968. The highest BCUT2D eigenvalue weighted by Gasteiger charge is 2.30. The monoisotopic (exact) mass is 509 g/mol. The minimum atomic E-state index is -3.83. The molecule has 0 spiro atoms. The van der Waals surface area contributed by atoms with Gasteiger partial charge in [-0.2, -0.15) is 0 Å². The van der Waals surface area contributed by atoms with Crippen LogP contribution < -0.4 is 14.4 Å². The van der Waals surface area contributed by atoms with Gasteiger partial charge in [0.2, 0.25) is 21.8 Å². The highest BCUT2D eigenvalue weighted by atomic mass is 35.5. The van der Waals surface area contributed by atoms with Crippen molar-refractivity contribution >= 4 is 39.1 Å². The fourth-order valence-corrected chi connectivity index (χ4v) is 4.44. The van der Waals surface area contributed by atoms with Crippen LogP contribution >= 0.6 is 11.6 Å². The molecular formula is C24H32ClN3O5S.